The van der Waals surface area contributed by atoms with Crippen molar-refractivity contribution in [2.24, 2.45) is 0 Å². The van der Waals surface area contributed by atoms with Crippen LogP contribution < -0.4 is 14.8 Å². The molecule has 1 atom stereocenters. The first-order valence-electron chi connectivity index (χ1n) is 9.70. The lowest BCUT2D eigenvalue weighted by molar-refractivity contribution is -0.117. The van der Waals surface area contributed by atoms with Gasteiger partial charge in [0.15, 0.2) is 0 Å². The van der Waals surface area contributed by atoms with Gasteiger partial charge in [0.1, 0.15) is 17.1 Å². The van der Waals surface area contributed by atoms with Gasteiger partial charge in [0.2, 0.25) is 5.91 Å². The molecule has 0 radical (unpaired) electrons. The third-order valence-corrected chi connectivity index (χ3v) is 5.07. The summed E-state index contributed by atoms with van der Waals surface area (Å²) >= 11 is 0. The average Bonchev–Trinajstić information content (AvgIpc) is 3.14. The maximum absolute atomic E-state index is 12.3. The standard InChI is InChI=1S/C24H27NO4/c1-6-16(3)25-24(26)11-15(2)18-12-19-20(14-29-23(19)13-22(18)28-5)17-9-7-8-10-21(17)27-4/h7-14,16H,6H2,1-5H3,(H,25,26)/b15-11+. The van der Waals surface area contributed by atoms with Crippen molar-refractivity contribution in [3.05, 3.63) is 54.3 Å². The van der Waals surface area contributed by atoms with E-state index in [-0.39, 0.29) is 11.9 Å². The Morgan fingerprint density at radius 1 is 1.14 bits per heavy atom. The highest BCUT2D eigenvalue weighted by molar-refractivity contribution is 6.01. The molecule has 1 unspecified atom stereocenters. The van der Waals surface area contributed by atoms with Crippen LogP contribution in [0.2, 0.25) is 0 Å². The van der Waals surface area contributed by atoms with Crippen LogP contribution in [0.15, 0.2) is 53.2 Å². The van der Waals surface area contributed by atoms with E-state index >= 15 is 0 Å². The summed E-state index contributed by atoms with van der Waals surface area (Å²) in [4.78, 5) is 12.3. The molecule has 3 rings (SSSR count). The zero-order valence-electron chi connectivity index (χ0n) is 17.5. The number of ether oxygens (including phenoxy) is 2. The fourth-order valence-electron chi connectivity index (χ4n) is 3.27. The summed E-state index contributed by atoms with van der Waals surface area (Å²) in [6.07, 6.45) is 4.21. The molecule has 0 bridgehead atoms. The Hall–Kier alpha value is -3.21. The number of furan rings is 1. The number of rotatable bonds is 7. The smallest absolute Gasteiger partial charge is 0.244 e. The molecule has 152 valence electrons. The predicted octanol–water partition coefficient (Wildman–Crippen LogP) is 5.44. The minimum Gasteiger partial charge on any atom is -0.496 e. The Morgan fingerprint density at radius 2 is 1.86 bits per heavy atom. The third-order valence-electron chi connectivity index (χ3n) is 5.07. The van der Waals surface area contributed by atoms with Crippen LogP contribution in [-0.4, -0.2) is 26.2 Å². The van der Waals surface area contributed by atoms with Crippen molar-refractivity contribution in [3.63, 3.8) is 0 Å². The molecule has 0 spiro atoms. The second kappa shape index (κ2) is 8.86. The van der Waals surface area contributed by atoms with Gasteiger partial charge >= 0.3 is 0 Å². The summed E-state index contributed by atoms with van der Waals surface area (Å²) in [5, 5.41) is 3.89. The number of nitrogens with one attached hydrogen (secondary N) is 1. The molecule has 0 fully saturated rings. The number of carbonyl (C=O) groups excluding carboxylic acids is 1. The summed E-state index contributed by atoms with van der Waals surface area (Å²) in [5.41, 5.74) is 4.25. The van der Waals surface area contributed by atoms with E-state index in [1.807, 2.05) is 57.2 Å². The summed E-state index contributed by atoms with van der Waals surface area (Å²) < 4.78 is 16.9. The average molecular weight is 393 g/mol. The number of hydrogen-bond acceptors (Lipinski definition) is 4. The SMILES string of the molecule is CCC(C)NC(=O)/C=C(\C)c1cc2c(-c3ccccc3OC)coc2cc1OC. The van der Waals surface area contributed by atoms with Crippen LogP contribution in [-0.2, 0) is 4.79 Å². The second-order valence-electron chi connectivity index (χ2n) is 7.04. The molecular formula is C24H27NO4. The molecule has 0 aliphatic rings. The van der Waals surface area contributed by atoms with Gasteiger partial charge in [0, 0.05) is 40.3 Å². The zero-order chi connectivity index (χ0) is 21.0. The second-order valence-corrected chi connectivity index (χ2v) is 7.04. The van der Waals surface area contributed by atoms with E-state index in [4.69, 9.17) is 13.9 Å². The van der Waals surface area contributed by atoms with Crippen LogP contribution in [0.3, 0.4) is 0 Å². The fourth-order valence-corrected chi connectivity index (χ4v) is 3.27. The fraction of sp³-hybridized carbons (Fsp3) is 0.292. The normalized spacial score (nSPS) is 12.7. The summed E-state index contributed by atoms with van der Waals surface area (Å²) in [7, 11) is 3.26. The highest BCUT2D eigenvalue weighted by Crippen LogP contribution is 2.40. The van der Waals surface area contributed by atoms with Crippen LogP contribution in [0, 0.1) is 0 Å². The maximum atomic E-state index is 12.3. The number of hydrogen-bond donors (Lipinski definition) is 1. The zero-order valence-corrected chi connectivity index (χ0v) is 17.5. The van der Waals surface area contributed by atoms with Crippen LogP contribution in [0.25, 0.3) is 27.7 Å². The van der Waals surface area contributed by atoms with E-state index < -0.39 is 0 Å². The third kappa shape index (κ3) is 4.29. The predicted molar refractivity (Wildman–Crippen MR) is 116 cm³/mol. The van der Waals surface area contributed by atoms with Crippen LogP contribution in [0.5, 0.6) is 11.5 Å². The van der Waals surface area contributed by atoms with E-state index in [0.717, 1.165) is 39.8 Å². The highest BCUT2D eigenvalue weighted by atomic mass is 16.5. The number of amides is 1. The molecule has 5 nitrogen and oxygen atoms in total. The van der Waals surface area contributed by atoms with Gasteiger partial charge in [-0.05, 0) is 38.0 Å². The van der Waals surface area contributed by atoms with E-state index in [1.165, 1.54) is 0 Å². The first-order chi connectivity index (χ1) is 14.0. The molecular weight excluding hydrogens is 366 g/mol. The Bertz CT molecular complexity index is 1050. The number of carbonyl (C=O) groups is 1. The first-order valence-corrected chi connectivity index (χ1v) is 9.70. The van der Waals surface area contributed by atoms with Gasteiger partial charge in [0.25, 0.3) is 0 Å². The van der Waals surface area contributed by atoms with Gasteiger partial charge in [-0.2, -0.15) is 0 Å². The topological polar surface area (TPSA) is 60.7 Å². The summed E-state index contributed by atoms with van der Waals surface area (Å²) in [5.74, 6) is 1.31. The quantitative estimate of drug-likeness (QED) is 0.543. The van der Waals surface area contributed by atoms with Crippen LogP contribution in [0.1, 0.15) is 32.8 Å². The lowest BCUT2D eigenvalue weighted by Crippen LogP contribution is -2.30. The molecule has 0 aliphatic carbocycles. The molecule has 1 amide bonds. The lowest BCUT2D eigenvalue weighted by atomic mass is 9.98. The van der Waals surface area contributed by atoms with Gasteiger partial charge < -0.3 is 19.2 Å². The Kier molecular flexibility index (Phi) is 6.27. The molecule has 29 heavy (non-hydrogen) atoms. The molecule has 5 heteroatoms. The van der Waals surface area contributed by atoms with Gasteiger partial charge in [0.05, 0.1) is 20.5 Å². The minimum atomic E-state index is -0.115. The molecule has 0 saturated carbocycles. The number of benzene rings is 2. The van der Waals surface area contributed by atoms with Crippen molar-refractivity contribution in [2.45, 2.75) is 33.2 Å². The van der Waals surface area contributed by atoms with Gasteiger partial charge in [-0.3, -0.25) is 4.79 Å². The van der Waals surface area contributed by atoms with E-state index in [2.05, 4.69) is 5.32 Å². The molecule has 1 aromatic heterocycles. The monoisotopic (exact) mass is 393 g/mol. The summed E-state index contributed by atoms with van der Waals surface area (Å²) in [6.45, 7) is 5.93. The van der Waals surface area contributed by atoms with Crippen LogP contribution >= 0.6 is 0 Å². The largest absolute Gasteiger partial charge is 0.496 e. The Balaban J connectivity index is 2.09. The van der Waals surface area contributed by atoms with E-state index in [0.29, 0.717) is 11.3 Å². The van der Waals surface area contributed by atoms with Gasteiger partial charge in [-0.25, -0.2) is 0 Å². The number of allylic oxidation sites excluding steroid dienone is 1. The molecule has 2 aromatic carbocycles. The highest BCUT2D eigenvalue weighted by Gasteiger charge is 2.17. The number of methoxy groups -OCH3 is 2. The van der Waals surface area contributed by atoms with E-state index in [9.17, 15) is 4.79 Å². The van der Waals surface area contributed by atoms with Crippen molar-refractivity contribution in [2.75, 3.05) is 14.2 Å². The summed E-state index contributed by atoms with van der Waals surface area (Å²) in [6, 6.07) is 11.8. The maximum Gasteiger partial charge on any atom is 0.244 e. The molecule has 0 saturated heterocycles. The number of fused-ring (bicyclic) bond motifs is 1. The molecule has 1 N–H and O–H groups in total. The number of para-hydroxylation sites is 1. The van der Waals surface area contributed by atoms with Crippen molar-refractivity contribution in [1.82, 2.24) is 5.32 Å². The van der Waals surface area contributed by atoms with Crippen molar-refractivity contribution in [1.29, 1.82) is 0 Å². The van der Waals surface area contributed by atoms with Crippen molar-refractivity contribution in [3.8, 4) is 22.6 Å². The van der Waals surface area contributed by atoms with Crippen molar-refractivity contribution >= 4 is 22.4 Å². The lowest BCUT2D eigenvalue weighted by Gasteiger charge is -2.12. The van der Waals surface area contributed by atoms with Crippen molar-refractivity contribution < 1.29 is 18.7 Å². The van der Waals surface area contributed by atoms with Crippen LogP contribution in [0.4, 0.5) is 0 Å². The Morgan fingerprint density at radius 3 is 2.55 bits per heavy atom. The van der Waals surface area contributed by atoms with E-state index in [1.54, 1.807) is 26.6 Å². The first kappa shape index (κ1) is 20.5. The molecule has 0 aliphatic heterocycles. The van der Waals surface area contributed by atoms with Gasteiger partial charge in [-0.1, -0.05) is 25.1 Å². The molecule has 3 aromatic rings. The Labute approximate surface area is 171 Å². The minimum absolute atomic E-state index is 0.115. The molecule has 1 heterocycles. The van der Waals surface area contributed by atoms with Gasteiger partial charge in [-0.15, -0.1) is 0 Å².